The van der Waals surface area contributed by atoms with Gasteiger partial charge in [0.15, 0.2) is 0 Å². The highest BCUT2D eigenvalue weighted by Gasteiger charge is 2.24. The van der Waals surface area contributed by atoms with Gasteiger partial charge in [-0.05, 0) is 38.5 Å². The van der Waals surface area contributed by atoms with Gasteiger partial charge >= 0.3 is 6.09 Å². The predicted octanol–water partition coefficient (Wildman–Crippen LogP) is 4.69. The Kier molecular flexibility index (Phi) is 8.46. The fourth-order valence-corrected chi connectivity index (χ4v) is 2.37. The van der Waals surface area contributed by atoms with Crippen molar-refractivity contribution in [1.82, 2.24) is 4.90 Å². The second-order valence-electron chi connectivity index (χ2n) is 6.70. The number of nitrogens with zero attached hydrogens (tertiary/aromatic N) is 2. The van der Waals surface area contributed by atoms with Gasteiger partial charge in [0.05, 0.1) is 13.7 Å². The molecule has 2 rings (SSSR count). The van der Waals surface area contributed by atoms with E-state index in [0.29, 0.717) is 19.6 Å². The number of benzene rings is 1. The zero-order chi connectivity index (χ0) is 18.9. The maximum absolute atomic E-state index is 12.0. The topological polar surface area (TPSA) is 51.1 Å². The van der Waals surface area contributed by atoms with Crippen LogP contribution in [0, 0.1) is 0 Å². The number of piperidine rings is 1. The van der Waals surface area contributed by atoms with Gasteiger partial charge in [-0.15, -0.1) is 0 Å². The number of methoxy groups -OCH3 is 1. The van der Waals surface area contributed by atoms with Gasteiger partial charge in [0.1, 0.15) is 11.4 Å². The molecule has 0 saturated carbocycles. The van der Waals surface area contributed by atoms with Crippen molar-refractivity contribution in [3.05, 3.63) is 29.8 Å². The van der Waals surface area contributed by atoms with Gasteiger partial charge in [-0.3, -0.25) is 4.99 Å². The molecule has 0 spiro atoms. The van der Waals surface area contributed by atoms with Crippen LogP contribution in [0.2, 0.25) is 0 Å². The highest BCUT2D eigenvalue weighted by molar-refractivity contribution is 5.86. The summed E-state index contributed by atoms with van der Waals surface area (Å²) >= 11 is 0. The van der Waals surface area contributed by atoms with Crippen LogP contribution in [0.3, 0.4) is 0 Å². The fraction of sp³-hybridized carbons (Fsp3) is 0.600. The van der Waals surface area contributed by atoms with Crippen molar-refractivity contribution in [3.8, 4) is 5.75 Å². The molecule has 0 N–H and O–H groups in total. The smallest absolute Gasteiger partial charge is 0.410 e. The van der Waals surface area contributed by atoms with Crippen molar-refractivity contribution in [2.24, 2.45) is 4.99 Å². The predicted molar refractivity (Wildman–Crippen MR) is 103 cm³/mol. The van der Waals surface area contributed by atoms with E-state index in [0.717, 1.165) is 24.2 Å². The third kappa shape index (κ3) is 7.59. The minimum Gasteiger partial charge on any atom is -0.497 e. The molecule has 0 aromatic heterocycles. The van der Waals surface area contributed by atoms with Gasteiger partial charge in [-0.2, -0.15) is 0 Å². The summed E-state index contributed by atoms with van der Waals surface area (Å²) < 4.78 is 10.5. The second kappa shape index (κ2) is 10.1. The van der Waals surface area contributed by atoms with Gasteiger partial charge in [0, 0.05) is 31.6 Å². The molecule has 0 aliphatic carbocycles. The number of carbonyl (C=O) groups is 1. The first-order valence-electron chi connectivity index (χ1n) is 9.00. The minimum absolute atomic E-state index is 0.230. The first-order valence-corrected chi connectivity index (χ1v) is 9.00. The van der Waals surface area contributed by atoms with Crippen molar-refractivity contribution in [2.75, 3.05) is 20.2 Å². The first kappa shape index (κ1) is 21.0. The molecule has 1 aromatic rings. The molecule has 5 heteroatoms. The quantitative estimate of drug-likeness (QED) is 0.796. The zero-order valence-corrected chi connectivity index (χ0v) is 16.5. The Bertz CT molecular complexity index is 549. The van der Waals surface area contributed by atoms with Crippen molar-refractivity contribution in [3.63, 3.8) is 0 Å². The third-order valence-corrected chi connectivity index (χ3v) is 3.64. The lowest BCUT2D eigenvalue weighted by Gasteiger charge is -2.30. The molecule has 1 aliphatic rings. The maximum Gasteiger partial charge on any atom is 0.410 e. The summed E-state index contributed by atoms with van der Waals surface area (Å²) in [4.78, 5) is 18.4. The maximum atomic E-state index is 12.0. The Morgan fingerprint density at radius 3 is 2.16 bits per heavy atom. The number of aliphatic imine (C=N–C) groups is 1. The van der Waals surface area contributed by atoms with Crippen LogP contribution in [-0.2, 0) is 11.3 Å². The van der Waals surface area contributed by atoms with Crippen LogP contribution in [0.4, 0.5) is 4.79 Å². The molecule has 0 atom stereocenters. The Morgan fingerprint density at radius 1 is 1.12 bits per heavy atom. The number of rotatable bonds is 3. The molecule has 5 nitrogen and oxygen atoms in total. The molecule has 0 unspecified atom stereocenters. The highest BCUT2D eigenvalue weighted by atomic mass is 16.6. The van der Waals surface area contributed by atoms with E-state index in [2.05, 4.69) is 4.99 Å². The van der Waals surface area contributed by atoms with Gasteiger partial charge in [0.2, 0.25) is 0 Å². The Morgan fingerprint density at radius 2 is 1.68 bits per heavy atom. The van der Waals surface area contributed by atoms with Crippen molar-refractivity contribution in [1.29, 1.82) is 0 Å². The van der Waals surface area contributed by atoms with Gasteiger partial charge in [0.25, 0.3) is 0 Å². The molecular formula is C20H32N2O3. The summed E-state index contributed by atoms with van der Waals surface area (Å²) in [5.74, 6) is 0.854. The van der Waals surface area contributed by atoms with Crippen LogP contribution in [0.25, 0.3) is 0 Å². The van der Waals surface area contributed by atoms with Crippen LogP contribution in [0.5, 0.6) is 5.75 Å². The summed E-state index contributed by atoms with van der Waals surface area (Å²) in [6.07, 6.45) is 1.40. The number of carbonyl (C=O) groups excluding carboxylic acids is 1. The van der Waals surface area contributed by atoms with E-state index in [-0.39, 0.29) is 6.09 Å². The van der Waals surface area contributed by atoms with Crippen molar-refractivity contribution >= 4 is 11.8 Å². The Balaban J connectivity index is 0.00000151. The average molecular weight is 348 g/mol. The summed E-state index contributed by atoms with van der Waals surface area (Å²) in [5.41, 5.74) is 1.88. The largest absolute Gasteiger partial charge is 0.497 e. The normalized spacial score (nSPS) is 14.3. The third-order valence-electron chi connectivity index (χ3n) is 3.64. The fourth-order valence-electron chi connectivity index (χ4n) is 2.37. The van der Waals surface area contributed by atoms with E-state index >= 15 is 0 Å². The molecule has 25 heavy (non-hydrogen) atoms. The summed E-state index contributed by atoms with van der Waals surface area (Å²) in [6, 6.07) is 7.94. The minimum atomic E-state index is -0.445. The lowest BCUT2D eigenvalue weighted by molar-refractivity contribution is 0.0249. The molecule has 1 saturated heterocycles. The van der Waals surface area contributed by atoms with Crippen LogP contribution in [0.1, 0.15) is 53.0 Å². The number of hydrogen-bond donors (Lipinski definition) is 0. The van der Waals surface area contributed by atoms with E-state index < -0.39 is 5.60 Å². The molecular weight excluding hydrogens is 316 g/mol. The molecule has 1 aliphatic heterocycles. The number of ether oxygens (including phenoxy) is 2. The molecule has 1 heterocycles. The standard InChI is InChI=1S/C18H26N2O3.C2H6/c1-18(2,3)23-17(21)20-11-9-15(10-12-20)19-13-14-5-7-16(22-4)8-6-14;1-2/h5-8H,9-13H2,1-4H3;1-2H3. The summed E-state index contributed by atoms with van der Waals surface area (Å²) in [7, 11) is 1.66. The number of amides is 1. The SMILES string of the molecule is CC.COc1ccc(CN=C2CCN(C(=O)OC(C)(C)C)CC2)cc1. The van der Waals surface area contributed by atoms with Crippen molar-refractivity contribution in [2.45, 2.75) is 59.6 Å². The van der Waals surface area contributed by atoms with Crippen molar-refractivity contribution < 1.29 is 14.3 Å². The van der Waals surface area contributed by atoms with Crippen LogP contribution in [0.15, 0.2) is 29.3 Å². The average Bonchev–Trinajstić information content (AvgIpc) is 2.61. The molecule has 1 amide bonds. The number of hydrogen-bond acceptors (Lipinski definition) is 4. The van der Waals surface area contributed by atoms with E-state index in [9.17, 15) is 4.79 Å². The molecule has 1 aromatic carbocycles. The van der Waals surface area contributed by atoms with Gasteiger partial charge in [-0.1, -0.05) is 26.0 Å². The van der Waals surface area contributed by atoms with Crippen LogP contribution < -0.4 is 4.74 Å². The first-order chi connectivity index (χ1) is 11.9. The highest BCUT2D eigenvalue weighted by Crippen LogP contribution is 2.16. The molecule has 140 valence electrons. The Labute approximate surface area is 152 Å². The number of likely N-dealkylation sites (tertiary alicyclic amines) is 1. The summed E-state index contributed by atoms with van der Waals surface area (Å²) in [6.45, 7) is 11.7. The lowest BCUT2D eigenvalue weighted by atomic mass is 10.1. The Hall–Kier alpha value is -2.04. The zero-order valence-electron chi connectivity index (χ0n) is 16.5. The van der Waals surface area contributed by atoms with Crippen LogP contribution >= 0.6 is 0 Å². The summed E-state index contributed by atoms with van der Waals surface area (Å²) in [5, 5.41) is 0. The molecule has 0 radical (unpaired) electrons. The van der Waals surface area contributed by atoms with E-state index in [4.69, 9.17) is 9.47 Å². The van der Waals surface area contributed by atoms with Gasteiger partial charge in [-0.25, -0.2) is 4.79 Å². The monoisotopic (exact) mass is 348 g/mol. The van der Waals surface area contributed by atoms with E-state index in [1.54, 1.807) is 12.0 Å². The second-order valence-corrected chi connectivity index (χ2v) is 6.70. The van der Waals surface area contributed by atoms with Gasteiger partial charge < -0.3 is 14.4 Å². The van der Waals surface area contributed by atoms with E-state index in [1.807, 2.05) is 58.9 Å². The lowest BCUT2D eigenvalue weighted by Crippen LogP contribution is -2.41. The van der Waals surface area contributed by atoms with E-state index in [1.165, 1.54) is 5.71 Å². The molecule has 0 bridgehead atoms. The van der Waals surface area contributed by atoms with Crippen LogP contribution in [-0.4, -0.2) is 42.5 Å². The molecule has 1 fully saturated rings.